The Morgan fingerprint density at radius 3 is 2.22 bits per heavy atom. The van der Waals surface area contributed by atoms with Gasteiger partial charge in [0.1, 0.15) is 0 Å². The lowest BCUT2D eigenvalue weighted by atomic mass is 9.95. The maximum Gasteiger partial charge on any atom is 0.261 e. The molecule has 1 rings (SSSR count). The number of carbonyl (C=O) groups excluding carboxylic acids is 1. The Kier molecular flexibility index (Phi) is 4.08. The number of hydrogen-bond donors (Lipinski definition) is 1. The molecule has 0 aliphatic rings. The van der Waals surface area contributed by atoms with Gasteiger partial charge in [0.15, 0.2) is 0 Å². The van der Waals surface area contributed by atoms with E-state index in [-0.39, 0.29) is 10.8 Å². The molecule has 0 spiro atoms. The van der Waals surface area contributed by atoms with Crippen LogP contribution in [0.2, 0.25) is 0 Å². The third kappa shape index (κ3) is 3.71. The Bertz CT molecular complexity index is 573. The Hall–Kier alpha value is -1.07. The first kappa shape index (κ1) is 15.0. The number of carbonyl (C=O) groups is 1. The van der Waals surface area contributed by atoms with Gasteiger partial charge in [0.2, 0.25) is 5.91 Å². The summed E-state index contributed by atoms with van der Waals surface area (Å²) in [7, 11) is 1.51. The summed E-state index contributed by atoms with van der Waals surface area (Å²) in [6, 6.07) is 4.34. The normalized spacial score (nSPS) is 12.3. The summed E-state index contributed by atoms with van der Waals surface area (Å²) in [5.74, 6) is -0.132. The summed E-state index contributed by atoms with van der Waals surface area (Å²) in [6.07, 6.45) is 0. The lowest BCUT2D eigenvalue weighted by molar-refractivity contribution is -0.123. The van der Waals surface area contributed by atoms with Crippen LogP contribution in [0.15, 0.2) is 23.1 Å². The zero-order valence-corrected chi connectivity index (χ0v) is 12.3. The zero-order valence-electron chi connectivity index (χ0n) is 10.7. The van der Waals surface area contributed by atoms with Gasteiger partial charge in [-0.3, -0.25) is 4.79 Å². The van der Waals surface area contributed by atoms with Gasteiger partial charge < -0.3 is 5.32 Å². The van der Waals surface area contributed by atoms with Crippen molar-refractivity contribution in [1.29, 1.82) is 0 Å². The largest absolute Gasteiger partial charge is 0.325 e. The minimum Gasteiger partial charge on any atom is -0.325 e. The van der Waals surface area contributed by atoms with Gasteiger partial charge in [0.05, 0.1) is 4.90 Å². The lowest BCUT2D eigenvalue weighted by Crippen LogP contribution is -2.27. The molecule has 0 aliphatic carbocycles. The average molecular weight is 290 g/mol. The van der Waals surface area contributed by atoms with Crippen LogP contribution < -0.4 is 5.32 Å². The molecule has 100 valence electrons. The predicted octanol–water partition coefficient (Wildman–Crippen LogP) is 2.91. The first-order valence-corrected chi connectivity index (χ1v) is 7.69. The maximum absolute atomic E-state index is 11.8. The zero-order chi connectivity index (χ0) is 14.1. The van der Waals surface area contributed by atoms with Gasteiger partial charge in [-0.1, -0.05) is 20.8 Å². The fourth-order valence-corrected chi connectivity index (χ4v) is 2.07. The van der Waals surface area contributed by atoms with E-state index in [0.717, 1.165) is 0 Å². The molecule has 0 unspecified atom stereocenters. The second kappa shape index (κ2) is 4.90. The van der Waals surface area contributed by atoms with E-state index in [1.165, 1.54) is 18.2 Å². The Balaban J connectivity index is 3.05. The second-order valence-electron chi connectivity index (χ2n) is 5.12. The molecule has 18 heavy (non-hydrogen) atoms. The van der Waals surface area contributed by atoms with Crippen LogP contribution in [0.5, 0.6) is 0 Å². The maximum atomic E-state index is 11.8. The number of benzene rings is 1. The van der Waals surface area contributed by atoms with Crippen LogP contribution in [0.3, 0.4) is 0 Å². The number of rotatable bonds is 2. The molecule has 0 fully saturated rings. The van der Waals surface area contributed by atoms with E-state index >= 15 is 0 Å². The third-order valence-corrected chi connectivity index (χ3v) is 3.76. The molecule has 4 nitrogen and oxygen atoms in total. The average Bonchev–Trinajstić information content (AvgIpc) is 2.17. The van der Waals surface area contributed by atoms with Gasteiger partial charge in [-0.15, -0.1) is 0 Å². The monoisotopic (exact) mass is 289 g/mol. The van der Waals surface area contributed by atoms with Crippen LogP contribution in [0.4, 0.5) is 5.69 Å². The minimum absolute atomic E-state index is 0.0235. The highest BCUT2D eigenvalue weighted by Gasteiger charge is 2.22. The molecule has 0 saturated heterocycles. The van der Waals surface area contributed by atoms with Crippen molar-refractivity contribution in [3.05, 3.63) is 23.8 Å². The first-order chi connectivity index (χ1) is 8.01. The second-order valence-corrected chi connectivity index (χ2v) is 7.68. The van der Waals surface area contributed by atoms with Crippen LogP contribution >= 0.6 is 10.7 Å². The fourth-order valence-electron chi connectivity index (χ4n) is 1.24. The molecular weight excluding hydrogens is 274 g/mol. The van der Waals surface area contributed by atoms with E-state index in [0.29, 0.717) is 11.3 Å². The van der Waals surface area contributed by atoms with Crippen LogP contribution in [0, 0.1) is 12.3 Å². The Morgan fingerprint density at radius 2 is 1.83 bits per heavy atom. The van der Waals surface area contributed by atoms with Gasteiger partial charge in [-0.05, 0) is 30.7 Å². The fraction of sp³-hybridized carbons (Fsp3) is 0.417. The quantitative estimate of drug-likeness (QED) is 0.852. The minimum atomic E-state index is -3.74. The van der Waals surface area contributed by atoms with Crippen molar-refractivity contribution < 1.29 is 13.2 Å². The number of amides is 1. The first-order valence-electron chi connectivity index (χ1n) is 5.38. The van der Waals surface area contributed by atoms with E-state index < -0.39 is 14.5 Å². The summed E-state index contributed by atoms with van der Waals surface area (Å²) in [5, 5.41) is 2.75. The number of halogens is 1. The molecule has 1 amide bonds. The molecule has 0 aliphatic heterocycles. The molecule has 0 bridgehead atoms. The van der Waals surface area contributed by atoms with Crippen LogP contribution in [0.25, 0.3) is 0 Å². The highest BCUT2D eigenvalue weighted by molar-refractivity contribution is 8.13. The smallest absolute Gasteiger partial charge is 0.261 e. The van der Waals surface area contributed by atoms with E-state index in [2.05, 4.69) is 5.32 Å². The summed E-state index contributed by atoms with van der Waals surface area (Å²) in [5.41, 5.74) is 0.720. The molecular formula is C12H16ClNO3S. The molecule has 6 heteroatoms. The van der Waals surface area contributed by atoms with Crippen LogP contribution in [-0.4, -0.2) is 14.3 Å². The van der Waals surface area contributed by atoms with Crippen molar-refractivity contribution in [3.8, 4) is 0 Å². The third-order valence-electron chi connectivity index (χ3n) is 2.41. The van der Waals surface area contributed by atoms with Gasteiger partial charge in [-0.25, -0.2) is 8.42 Å². The Morgan fingerprint density at radius 1 is 1.28 bits per heavy atom. The molecule has 1 aromatic carbocycles. The van der Waals surface area contributed by atoms with Gasteiger partial charge >= 0.3 is 0 Å². The highest BCUT2D eigenvalue weighted by atomic mass is 35.7. The van der Waals surface area contributed by atoms with Crippen molar-refractivity contribution >= 4 is 31.3 Å². The number of hydrogen-bond acceptors (Lipinski definition) is 3. The summed E-state index contributed by atoms with van der Waals surface area (Å²) in [4.78, 5) is 11.8. The van der Waals surface area contributed by atoms with Crippen molar-refractivity contribution in [2.75, 3.05) is 5.32 Å². The van der Waals surface area contributed by atoms with Crippen LogP contribution in [-0.2, 0) is 13.8 Å². The molecule has 0 aromatic heterocycles. The summed E-state index contributed by atoms with van der Waals surface area (Å²) < 4.78 is 22.3. The van der Waals surface area contributed by atoms with E-state index in [1.54, 1.807) is 27.7 Å². The molecule has 0 radical (unpaired) electrons. The number of anilines is 1. The number of aryl methyl sites for hydroxylation is 1. The Labute approximate surface area is 112 Å². The molecule has 0 atom stereocenters. The van der Waals surface area contributed by atoms with Gasteiger partial charge in [0, 0.05) is 21.8 Å². The van der Waals surface area contributed by atoms with Crippen molar-refractivity contribution in [2.24, 2.45) is 5.41 Å². The summed E-state index contributed by atoms with van der Waals surface area (Å²) >= 11 is 0. The number of nitrogens with one attached hydrogen (secondary N) is 1. The van der Waals surface area contributed by atoms with Gasteiger partial charge in [0.25, 0.3) is 9.05 Å². The van der Waals surface area contributed by atoms with Crippen molar-refractivity contribution in [2.45, 2.75) is 32.6 Å². The lowest BCUT2D eigenvalue weighted by Gasteiger charge is -2.18. The van der Waals surface area contributed by atoms with E-state index in [4.69, 9.17) is 10.7 Å². The SMILES string of the molecule is Cc1cc(S(=O)(=O)Cl)ccc1NC(=O)C(C)(C)C. The molecule has 1 N–H and O–H groups in total. The highest BCUT2D eigenvalue weighted by Crippen LogP contribution is 2.24. The summed E-state index contributed by atoms with van der Waals surface area (Å²) in [6.45, 7) is 7.11. The van der Waals surface area contributed by atoms with E-state index in [1.807, 2.05) is 0 Å². The van der Waals surface area contributed by atoms with Crippen molar-refractivity contribution in [3.63, 3.8) is 0 Å². The standard InChI is InChI=1S/C12H16ClNO3S/c1-8-7-9(18(13,16)17)5-6-10(8)14-11(15)12(2,3)4/h5-7H,1-4H3,(H,14,15). The van der Waals surface area contributed by atoms with Crippen molar-refractivity contribution in [1.82, 2.24) is 0 Å². The van der Waals surface area contributed by atoms with E-state index in [9.17, 15) is 13.2 Å². The van der Waals surface area contributed by atoms with Crippen LogP contribution in [0.1, 0.15) is 26.3 Å². The van der Waals surface area contributed by atoms with Gasteiger partial charge in [-0.2, -0.15) is 0 Å². The molecule has 1 aromatic rings. The molecule has 0 saturated carbocycles. The molecule has 0 heterocycles. The predicted molar refractivity (Wildman–Crippen MR) is 72.3 cm³/mol. The topological polar surface area (TPSA) is 63.2 Å².